The van der Waals surface area contributed by atoms with Crippen LogP contribution in [0, 0.1) is 0 Å². The fourth-order valence-corrected chi connectivity index (χ4v) is 4.18. The first kappa shape index (κ1) is 22.6. The third-order valence-electron chi connectivity index (χ3n) is 5.66. The van der Waals surface area contributed by atoms with Crippen LogP contribution in [0.15, 0.2) is 36.4 Å². The van der Waals surface area contributed by atoms with Crippen LogP contribution in [0.4, 0.5) is 5.69 Å². The molecule has 0 saturated heterocycles. The highest BCUT2D eigenvalue weighted by Crippen LogP contribution is 2.34. The van der Waals surface area contributed by atoms with Crippen molar-refractivity contribution in [3.8, 4) is 5.75 Å². The molecule has 0 amide bonds. The van der Waals surface area contributed by atoms with Gasteiger partial charge in [-0.2, -0.15) is 0 Å². The van der Waals surface area contributed by atoms with Gasteiger partial charge in [0, 0.05) is 27.9 Å². The molecule has 30 heavy (non-hydrogen) atoms. The van der Waals surface area contributed by atoms with E-state index >= 15 is 0 Å². The van der Waals surface area contributed by atoms with Gasteiger partial charge in [0.2, 0.25) is 0 Å². The molecule has 1 aromatic heterocycles. The molecular weight excluding hydrogens is 394 g/mol. The number of hydrogen-bond donors (Lipinski definition) is 1. The molecule has 3 rings (SSSR count). The van der Waals surface area contributed by atoms with E-state index in [9.17, 15) is 0 Å². The Kier molecular flexibility index (Phi) is 7.79. The maximum atomic E-state index is 6.24. The first-order valence-electron chi connectivity index (χ1n) is 11.0. The standard InChI is InChI=1S/C25H34ClN3O/c1-6-13-29(17(2)3)14-7-8-18(4)27-25-21-11-9-19(26)15-24(21)28-23-12-10-20(30-5)16-22(23)25/h9-12,15-18H,6-8,13-14H2,1-5H3,(H,27,28). The molecule has 162 valence electrons. The summed E-state index contributed by atoms with van der Waals surface area (Å²) in [4.78, 5) is 7.39. The number of benzene rings is 2. The molecule has 4 nitrogen and oxygen atoms in total. The average Bonchev–Trinajstić information content (AvgIpc) is 2.72. The number of pyridine rings is 1. The van der Waals surface area contributed by atoms with Crippen LogP contribution in [0.25, 0.3) is 21.8 Å². The first-order chi connectivity index (χ1) is 14.4. The van der Waals surface area contributed by atoms with Gasteiger partial charge in [-0.15, -0.1) is 0 Å². The lowest BCUT2D eigenvalue weighted by Gasteiger charge is -2.27. The van der Waals surface area contributed by atoms with Gasteiger partial charge in [0.05, 0.1) is 23.8 Å². The van der Waals surface area contributed by atoms with Gasteiger partial charge in [-0.1, -0.05) is 18.5 Å². The normalized spacial score (nSPS) is 12.8. The molecule has 1 unspecified atom stereocenters. The minimum absolute atomic E-state index is 0.344. The van der Waals surface area contributed by atoms with Crippen molar-refractivity contribution in [2.45, 2.75) is 59.0 Å². The summed E-state index contributed by atoms with van der Waals surface area (Å²) < 4.78 is 5.47. The molecule has 1 heterocycles. The zero-order chi connectivity index (χ0) is 21.7. The molecule has 0 fully saturated rings. The van der Waals surface area contributed by atoms with E-state index in [-0.39, 0.29) is 0 Å². The molecule has 2 aromatic carbocycles. The van der Waals surface area contributed by atoms with Gasteiger partial charge < -0.3 is 15.0 Å². The van der Waals surface area contributed by atoms with E-state index in [1.54, 1.807) is 7.11 Å². The van der Waals surface area contributed by atoms with Gasteiger partial charge in [0.1, 0.15) is 5.75 Å². The molecule has 0 aliphatic heterocycles. The number of nitrogens with one attached hydrogen (secondary N) is 1. The molecular formula is C25H34ClN3O. The Morgan fingerprint density at radius 3 is 2.53 bits per heavy atom. The summed E-state index contributed by atoms with van der Waals surface area (Å²) in [7, 11) is 1.70. The lowest BCUT2D eigenvalue weighted by molar-refractivity contribution is 0.217. The predicted octanol–water partition coefficient (Wildman–Crippen LogP) is 6.75. The van der Waals surface area contributed by atoms with Crippen molar-refractivity contribution in [1.82, 2.24) is 9.88 Å². The summed E-state index contributed by atoms with van der Waals surface area (Å²) in [6.45, 7) is 11.4. The monoisotopic (exact) mass is 427 g/mol. The Labute approximate surface area is 185 Å². The Bertz CT molecular complexity index is 989. The second-order valence-electron chi connectivity index (χ2n) is 8.35. The van der Waals surface area contributed by atoms with E-state index in [1.165, 1.54) is 19.4 Å². The van der Waals surface area contributed by atoms with E-state index in [0.29, 0.717) is 17.1 Å². The van der Waals surface area contributed by atoms with Crippen LogP contribution in [-0.2, 0) is 0 Å². The van der Waals surface area contributed by atoms with E-state index < -0.39 is 0 Å². The number of fused-ring (bicyclic) bond motifs is 2. The van der Waals surface area contributed by atoms with Crippen LogP contribution in [0.3, 0.4) is 0 Å². The Morgan fingerprint density at radius 1 is 1.03 bits per heavy atom. The van der Waals surface area contributed by atoms with Crippen molar-refractivity contribution in [3.05, 3.63) is 41.4 Å². The third-order valence-corrected chi connectivity index (χ3v) is 5.89. The van der Waals surface area contributed by atoms with Crippen LogP contribution >= 0.6 is 11.6 Å². The number of methoxy groups -OCH3 is 1. The van der Waals surface area contributed by atoms with Crippen molar-refractivity contribution < 1.29 is 4.74 Å². The topological polar surface area (TPSA) is 37.4 Å². The van der Waals surface area contributed by atoms with E-state index in [0.717, 1.165) is 46.2 Å². The Hall–Kier alpha value is -2.04. The van der Waals surface area contributed by atoms with Crippen LogP contribution in [0.1, 0.15) is 47.0 Å². The maximum absolute atomic E-state index is 6.24. The second-order valence-corrected chi connectivity index (χ2v) is 8.79. The zero-order valence-electron chi connectivity index (χ0n) is 18.8. The van der Waals surface area contributed by atoms with Crippen molar-refractivity contribution in [3.63, 3.8) is 0 Å². The third kappa shape index (κ3) is 5.35. The fourth-order valence-electron chi connectivity index (χ4n) is 4.01. The number of anilines is 1. The second kappa shape index (κ2) is 10.3. The minimum Gasteiger partial charge on any atom is -0.497 e. The number of hydrogen-bond acceptors (Lipinski definition) is 4. The largest absolute Gasteiger partial charge is 0.497 e. The Balaban J connectivity index is 1.85. The molecule has 0 spiro atoms. The zero-order valence-corrected chi connectivity index (χ0v) is 19.6. The quantitative estimate of drug-likeness (QED) is 0.363. The fraction of sp³-hybridized carbons (Fsp3) is 0.480. The molecule has 1 N–H and O–H groups in total. The van der Waals surface area contributed by atoms with Crippen LogP contribution in [-0.4, -0.2) is 42.2 Å². The van der Waals surface area contributed by atoms with Crippen molar-refractivity contribution in [2.24, 2.45) is 0 Å². The highest BCUT2D eigenvalue weighted by atomic mass is 35.5. The maximum Gasteiger partial charge on any atom is 0.119 e. The summed E-state index contributed by atoms with van der Waals surface area (Å²) in [6, 6.07) is 12.9. The molecule has 1 atom stereocenters. The summed E-state index contributed by atoms with van der Waals surface area (Å²) in [5, 5.41) is 6.64. The molecule has 0 radical (unpaired) electrons. The minimum atomic E-state index is 0.344. The smallest absolute Gasteiger partial charge is 0.119 e. The summed E-state index contributed by atoms with van der Waals surface area (Å²) in [5.41, 5.74) is 2.95. The van der Waals surface area contributed by atoms with E-state index in [4.69, 9.17) is 21.3 Å². The molecule has 0 saturated carbocycles. The summed E-state index contributed by atoms with van der Waals surface area (Å²) >= 11 is 6.24. The molecule has 3 aromatic rings. The van der Waals surface area contributed by atoms with Gasteiger partial charge >= 0.3 is 0 Å². The highest BCUT2D eigenvalue weighted by molar-refractivity contribution is 6.31. The molecule has 5 heteroatoms. The molecule has 0 aliphatic rings. The van der Waals surface area contributed by atoms with Crippen LogP contribution in [0.5, 0.6) is 5.75 Å². The van der Waals surface area contributed by atoms with Gasteiger partial charge in [-0.3, -0.25) is 0 Å². The molecule has 0 bridgehead atoms. The summed E-state index contributed by atoms with van der Waals surface area (Å²) in [6.07, 6.45) is 3.48. The number of rotatable bonds is 10. The van der Waals surface area contributed by atoms with Gasteiger partial charge in [-0.05, 0) is 89.5 Å². The van der Waals surface area contributed by atoms with Crippen molar-refractivity contribution in [2.75, 3.05) is 25.5 Å². The van der Waals surface area contributed by atoms with Crippen LogP contribution in [0.2, 0.25) is 5.02 Å². The van der Waals surface area contributed by atoms with Crippen LogP contribution < -0.4 is 10.1 Å². The number of halogens is 1. The van der Waals surface area contributed by atoms with Crippen molar-refractivity contribution >= 4 is 39.1 Å². The highest BCUT2D eigenvalue weighted by Gasteiger charge is 2.14. The average molecular weight is 428 g/mol. The Morgan fingerprint density at radius 2 is 1.83 bits per heavy atom. The van der Waals surface area contributed by atoms with Crippen molar-refractivity contribution in [1.29, 1.82) is 0 Å². The SMILES string of the molecule is CCCN(CCCC(C)Nc1c2ccc(Cl)cc2nc2ccc(OC)cc12)C(C)C. The first-order valence-corrected chi connectivity index (χ1v) is 11.4. The van der Waals surface area contributed by atoms with Gasteiger partial charge in [0.15, 0.2) is 0 Å². The van der Waals surface area contributed by atoms with E-state index in [2.05, 4.69) is 50.0 Å². The number of nitrogens with zero attached hydrogens (tertiary/aromatic N) is 2. The van der Waals surface area contributed by atoms with Gasteiger partial charge in [0.25, 0.3) is 0 Å². The van der Waals surface area contributed by atoms with Gasteiger partial charge in [-0.25, -0.2) is 4.98 Å². The number of aromatic nitrogens is 1. The number of ether oxygens (including phenoxy) is 1. The predicted molar refractivity (Wildman–Crippen MR) is 130 cm³/mol. The lowest BCUT2D eigenvalue weighted by Crippen LogP contribution is -2.33. The summed E-state index contributed by atoms with van der Waals surface area (Å²) in [5.74, 6) is 0.834. The lowest BCUT2D eigenvalue weighted by atomic mass is 10.1. The van der Waals surface area contributed by atoms with E-state index in [1.807, 2.05) is 24.3 Å². The molecule has 0 aliphatic carbocycles.